The van der Waals surface area contributed by atoms with Gasteiger partial charge in [0.15, 0.2) is 0 Å². The molecule has 3 saturated carbocycles. The summed E-state index contributed by atoms with van der Waals surface area (Å²) >= 11 is 0. The van der Waals surface area contributed by atoms with Crippen molar-refractivity contribution in [2.75, 3.05) is 0 Å². The van der Waals surface area contributed by atoms with E-state index in [1.165, 1.54) is 44.2 Å². The second kappa shape index (κ2) is 5.55. The highest BCUT2D eigenvalue weighted by Crippen LogP contribution is 2.46. The van der Waals surface area contributed by atoms with Gasteiger partial charge in [-0.25, -0.2) is 4.39 Å². The van der Waals surface area contributed by atoms with E-state index < -0.39 is 0 Å². The van der Waals surface area contributed by atoms with E-state index in [9.17, 15) is 9.18 Å². The molecule has 1 N–H and O–H groups in total. The number of hydrogen-bond acceptors (Lipinski definition) is 1. The highest BCUT2D eigenvalue weighted by molar-refractivity contribution is 5.94. The molecule has 0 aliphatic heterocycles. The second-order valence-electron chi connectivity index (χ2n) is 6.45. The molecule has 20 heavy (non-hydrogen) atoms. The van der Waals surface area contributed by atoms with E-state index in [1.54, 1.807) is 12.1 Å². The van der Waals surface area contributed by atoms with Crippen LogP contribution in [0.3, 0.4) is 0 Å². The van der Waals surface area contributed by atoms with Crippen molar-refractivity contribution >= 4 is 5.91 Å². The Labute approximate surface area is 119 Å². The molecule has 2 nitrogen and oxygen atoms in total. The number of rotatable bonds is 3. The molecule has 3 heteroatoms. The SMILES string of the molecule is C[C@@H](NC(=O)c1ccc(F)cc1)[C@@H]1CC2CCC1CC2. The molecule has 2 atom stereocenters. The Hall–Kier alpha value is -1.38. The number of halogens is 1. The fraction of sp³-hybridized carbons (Fsp3) is 0.588. The average Bonchev–Trinajstić information content (AvgIpc) is 2.49. The van der Waals surface area contributed by atoms with E-state index in [4.69, 9.17) is 0 Å². The number of benzene rings is 1. The molecule has 3 aliphatic rings. The summed E-state index contributed by atoms with van der Waals surface area (Å²) in [6.45, 7) is 2.12. The molecule has 1 aromatic carbocycles. The van der Waals surface area contributed by atoms with Gasteiger partial charge in [-0.2, -0.15) is 0 Å². The standard InChI is InChI=1S/C17H22FNO/c1-11(16-10-12-2-4-13(16)5-3-12)19-17(20)14-6-8-15(18)9-7-14/h6-9,11-13,16H,2-5,10H2,1H3,(H,19,20)/t11-,12?,13?,16+/m1/s1. The van der Waals surface area contributed by atoms with Crippen LogP contribution in [-0.2, 0) is 0 Å². The fourth-order valence-corrected chi connectivity index (χ4v) is 4.04. The molecule has 0 radical (unpaired) electrons. The van der Waals surface area contributed by atoms with E-state index in [0.717, 1.165) is 11.8 Å². The van der Waals surface area contributed by atoms with E-state index in [-0.39, 0.29) is 17.8 Å². The average molecular weight is 275 g/mol. The van der Waals surface area contributed by atoms with E-state index >= 15 is 0 Å². The lowest BCUT2D eigenvalue weighted by Gasteiger charge is -2.45. The lowest BCUT2D eigenvalue weighted by Crippen LogP contribution is -2.45. The number of fused-ring (bicyclic) bond motifs is 3. The molecular formula is C17H22FNO. The molecule has 3 fully saturated rings. The predicted octanol–water partition coefficient (Wildman–Crippen LogP) is 3.77. The highest BCUT2D eigenvalue weighted by atomic mass is 19.1. The minimum absolute atomic E-state index is 0.0843. The summed E-state index contributed by atoms with van der Waals surface area (Å²) in [5.74, 6) is 1.88. The van der Waals surface area contributed by atoms with Gasteiger partial charge in [-0.15, -0.1) is 0 Å². The van der Waals surface area contributed by atoms with Gasteiger partial charge in [0.25, 0.3) is 5.91 Å². The van der Waals surface area contributed by atoms with Gasteiger partial charge in [-0.3, -0.25) is 4.79 Å². The number of carbonyl (C=O) groups is 1. The largest absolute Gasteiger partial charge is 0.349 e. The maximum atomic E-state index is 12.9. The predicted molar refractivity (Wildman–Crippen MR) is 76.9 cm³/mol. The molecule has 108 valence electrons. The van der Waals surface area contributed by atoms with Gasteiger partial charge in [-0.05, 0) is 68.2 Å². The molecule has 1 aromatic rings. The lowest BCUT2D eigenvalue weighted by atomic mass is 9.63. The van der Waals surface area contributed by atoms with Gasteiger partial charge >= 0.3 is 0 Å². The van der Waals surface area contributed by atoms with Crippen LogP contribution in [0.25, 0.3) is 0 Å². The maximum absolute atomic E-state index is 12.9. The Morgan fingerprint density at radius 2 is 1.85 bits per heavy atom. The number of nitrogens with one attached hydrogen (secondary N) is 1. The first-order valence-corrected chi connectivity index (χ1v) is 7.70. The van der Waals surface area contributed by atoms with E-state index in [2.05, 4.69) is 12.2 Å². The Balaban J connectivity index is 1.62. The summed E-state index contributed by atoms with van der Waals surface area (Å²) in [5, 5.41) is 3.11. The van der Waals surface area contributed by atoms with Crippen LogP contribution < -0.4 is 5.32 Å². The van der Waals surface area contributed by atoms with Crippen LogP contribution >= 0.6 is 0 Å². The van der Waals surface area contributed by atoms with Crippen LogP contribution in [0.15, 0.2) is 24.3 Å². The van der Waals surface area contributed by atoms with Crippen LogP contribution in [0.1, 0.15) is 49.4 Å². The zero-order valence-electron chi connectivity index (χ0n) is 11.9. The van der Waals surface area contributed by atoms with Crippen LogP contribution in [0.2, 0.25) is 0 Å². The van der Waals surface area contributed by atoms with E-state index in [0.29, 0.717) is 11.5 Å². The van der Waals surface area contributed by atoms with Crippen molar-refractivity contribution in [2.24, 2.45) is 17.8 Å². The molecular weight excluding hydrogens is 253 g/mol. The normalized spacial score (nSPS) is 30.0. The molecule has 2 bridgehead atoms. The van der Waals surface area contributed by atoms with Gasteiger partial charge in [0.2, 0.25) is 0 Å². The lowest BCUT2D eigenvalue weighted by molar-refractivity contribution is 0.0669. The minimum Gasteiger partial charge on any atom is -0.349 e. The van der Waals surface area contributed by atoms with Crippen LogP contribution in [0, 0.1) is 23.6 Å². The Bertz CT molecular complexity index is 476. The minimum atomic E-state index is -0.306. The molecule has 0 unspecified atom stereocenters. The Morgan fingerprint density at radius 1 is 1.20 bits per heavy atom. The molecule has 4 rings (SSSR count). The first-order valence-electron chi connectivity index (χ1n) is 7.70. The summed E-state index contributed by atoms with van der Waals surface area (Å²) in [6.07, 6.45) is 6.66. The quantitative estimate of drug-likeness (QED) is 0.894. The van der Waals surface area contributed by atoms with Crippen molar-refractivity contribution in [1.82, 2.24) is 5.32 Å². The maximum Gasteiger partial charge on any atom is 0.251 e. The summed E-state index contributed by atoms with van der Waals surface area (Å²) in [6, 6.07) is 5.97. The molecule has 3 aliphatic carbocycles. The molecule has 0 saturated heterocycles. The monoisotopic (exact) mass is 275 g/mol. The zero-order valence-corrected chi connectivity index (χ0v) is 11.9. The van der Waals surface area contributed by atoms with Crippen LogP contribution in [0.4, 0.5) is 4.39 Å². The first-order chi connectivity index (χ1) is 9.63. The Kier molecular flexibility index (Phi) is 3.77. The summed E-state index contributed by atoms with van der Waals surface area (Å²) < 4.78 is 12.9. The van der Waals surface area contributed by atoms with Crippen molar-refractivity contribution in [1.29, 1.82) is 0 Å². The van der Waals surface area contributed by atoms with Crippen molar-refractivity contribution in [3.63, 3.8) is 0 Å². The van der Waals surface area contributed by atoms with Gasteiger partial charge in [0, 0.05) is 11.6 Å². The van der Waals surface area contributed by atoms with Crippen molar-refractivity contribution < 1.29 is 9.18 Å². The van der Waals surface area contributed by atoms with Crippen molar-refractivity contribution in [3.8, 4) is 0 Å². The van der Waals surface area contributed by atoms with E-state index in [1.807, 2.05) is 0 Å². The first kappa shape index (κ1) is 13.6. The molecule has 1 amide bonds. The number of carbonyl (C=O) groups excluding carboxylic acids is 1. The Morgan fingerprint density at radius 3 is 2.40 bits per heavy atom. The molecule has 0 heterocycles. The zero-order chi connectivity index (χ0) is 14.1. The van der Waals surface area contributed by atoms with Crippen molar-refractivity contribution in [2.45, 2.75) is 45.1 Å². The molecule has 0 spiro atoms. The van der Waals surface area contributed by atoms with Gasteiger partial charge in [0.1, 0.15) is 5.82 Å². The summed E-state index contributed by atoms with van der Waals surface area (Å²) in [5.41, 5.74) is 0.541. The van der Waals surface area contributed by atoms with Gasteiger partial charge in [0.05, 0.1) is 0 Å². The third-order valence-electron chi connectivity index (χ3n) is 5.21. The smallest absolute Gasteiger partial charge is 0.251 e. The topological polar surface area (TPSA) is 29.1 Å². The summed E-state index contributed by atoms with van der Waals surface area (Å²) in [7, 11) is 0. The summed E-state index contributed by atoms with van der Waals surface area (Å²) in [4.78, 5) is 12.2. The third kappa shape index (κ3) is 2.72. The highest BCUT2D eigenvalue weighted by Gasteiger charge is 2.38. The third-order valence-corrected chi connectivity index (χ3v) is 5.21. The van der Waals surface area contributed by atoms with Gasteiger partial charge in [-0.1, -0.05) is 12.8 Å². The van der Waals surface area contributed by atoms with Crippen molar-refractivity contribution in [3.05, 3.63) is 35.6 Å². The van der Waals surface area contributed by atoms with Crippen LogP contribution in [-0.4, -0.2) is 11.9 Å². The number of amides is 1. The molecule has 0 aromatic heterocycles. The van der Waals surface area contributed by atoms with Gasteiger partial charge < -0.3 is 5.32 Å². The fourth-order valence-electron chi connectivity index (χ4n) is 4.04. The number of hydrogen-bond donors (Lipinski definition) is 1. The second-order valence-corrected chi connectivity index (χ2v) is 6.45. The van der Waals surface area contributed by atoms with Crippen LogP contribution in [0.5, 0.6) is 0 Å².